The molecule has 3 aromatic rings. The van der Waals surface area contributed by atoms with Gasteiger partial charge in [-0.2, -0.15) is 0 Å². The first-order valence-electron chi connectivity index (χ1n) is 7.89. The van der Waals surface area contributed by atoms with Crippen molar-refractivity contribution in [2.24, 2.45) is 0 Å². The normalized spacial score (nSPS) is 10.4. The van der Waals surface area contributed by atoms with Crippen molar-refractivity contribution in [1.82, 2.24) is 5.32 Å². The predicted octanol–water partition coefficient (Wildman–Crippen LogP) is 3.48. The molecule has 0 aliphatic heterocycles. The van der Waals surface area contributed by atoms with E-state index in [0.29, 0.717) is 11.3 Å². The Morgan fingerprint density at radius 3 is 2.48 bits per heavy atom. The highest BCUT2D eigenvalue weighted by molar-refractivity contribution is 5.92. The third-order valence-corrected chi connectivity index (χ3v) is 3.83. The second-order valence-electron chi connectivity index (χ2n) is 5.66. The standard InChI is InChI=1S/C19H14N2O6/c22-18(20-11-12-4-6-13(7-5-12)19(23)24)17-9-8-16(27-17)14-2-1-3-15(10-14)21(25)26/h1-10H,11H2,(H,20,22)(H,23,24). The number of furan rings is 1. The van der Waals surface area contributed by atoms with Crippen LogP contribution in [0.1, 0.15) is 26.5 Å². The van der Waals surface area contributed by atoms with E-state index in [9.17, 15) is 19.7 Å². The van der Waals surface area contributed by atoms with Gasteiger partial charge in [0.2, 0.25) is 0 Å². The van der Waals surface area contributed by atoms with E-state index in [0.717, 1.165) is 5.56 Å². The van der Waals surface area contributed by atoms with Crippen LogP contribution in [0.3, 0.4) is 0 Å². The zero-order valence-corrected chi connectivity index (χ0v) is 13.9. The first-order chi connectivity index (χ1) is 12.9. The Balaban J connectivity index is 1.67. The number of carbonyl (C=O) groups excluding carboxylic acids is 1. The zero-order valence-electron chi connectivity index (χ0n) is 13.9. The van der Waals surface area contributed by atoms with Gasteiger partial charge >= 0.3 is 5.97 Å². The summed E-state index contributed by atoms with van der Waals surface area (Å²) in [6.45, 7) is 0.200. The van der Waals surface area contributed by atoms with Gasteiger partial charge < -0.3 is 14.8 Å². The number of benzene rings is 2. The van der Waals surface area contributed by atoms with E-state index in [-0.39, 0.29) is 23.6 Å². The lowest BCUT2D eigenvalue weighted by Gasteiger charge is -2.04. The SMILES string of the molecule is O=C(O)c1ccc(CNC(=O)c2ccc(-c3cccc([N+](=O)[O-])c3)o2)cc1. The van der Waals surface area contributed by atoms with Gasteiger partial charge in [0.05, 0.1) is 10.5 Å². The molecular formula is C19H14N2O6. The summed E-state index contributed by atoms with van der Waals surface area (Å²) in [7, 11) is 0. The van der Waals surface area contributed by atoms with Gasteiger partial charge in [-0.3, -0.25) is 14.9 Å². The summed E-state index contributed by atoms with van der Waals surface area (Å²) in [6, 6.07) is 15.1. The Kier molecular flexibility index (Phi) is 4.98. The number of carbonyl (C=O) groups is 2. The van der Waals surface area contributed by atoms with Gasteiger partial charge in [-0.1, -0.05) is 24.3 Å². The van der Waals surface area contributed by atoms with Crippen molar-refractivity contribution < 1.29 is 24.0 Å². The lowest BCUT2D eigenvalue weighted by Crippen LogP contribution is -2.22. The molecule has 8 heteroatoms. The van der Waals surface area contributed by atoms with Gasteiger partial charge in [-0.25, -0.2) is 4.79 Å². The highest BCUT2D eigenvalue weighted by Crippen LogP contribution is 2.25. The molecule has 0 saturated heterocycles. The topological polar surface area (TPSA) is 123 Å². The molecule has 1 amide bonds. The maximum absolute atomic E-state index is 12.2. The van der Waals surface area contributed by atoms with Gasteiger partial charge in [-0.15, -0.1) is 0 Å². The summed E-state index contributed by atoms with van der Waals surface area (Å²) in [4.78, 5) is 33.4. The summed E-state index contributed by atoms with van der Waals surface area (Å²) < 4.78 is 5.49. The van der Waals surface area contributed by atoms with Crippen LogP contribution in [0.25, 0.3) is 11.3 Å². The Bertz CT molecular complexity index is 1010. The quantitative estimate of drug-likeness (QED) is 0.508. The van der Waals surface area contributed by atoms with E-state index in [4.69, 9.17) is 9.52 Å². The third kappa shape index (κ3) is 4.18. The predicted molar refractivity (Wildman–Crippen MR) is 95.4 cm³/mol. The zero-order chi connectivity index (χ0) is 19.4. The molecule has 136 valence electrons. The van der Waals surface area contributed by atoms with E-state index in [1.807, 2.05) is 0 Å². The maximum atomic E-state index is 12.2. The van der Waals surface area contributed by atoms with Crippen LogP contribution in [-0.2, 0) is 6.54 Å². The van der Waals surface area contributed by atoms with Crippen molar-refractivity contribution in [3.05, 3.63) is 87.7 Å². The molecule has 27 heavy (non-hydrogen) atoms. The van der Waals surface area contributed by atoms with Crippen LogP contribution in [0.5, 0.6) is 0 Å². The number of nitrogens with zero attached hydrogens (tertiary/aromatic N) is 1. The number of carboxylic acid groups (broad SMARTS) is 1. The Hall–Kier alpha value is -3.94. The highest BCUT2D eigenvalue weighted by Gasteiger charge is 2.14. The molecule has 8 nitrogen and oxygen atoms in total. The molecule has 0 saturated carbocycles. The fourth-order valence-corrected chi connectivity index (χ4v) is 2.42. The summed E-state index contributed by atoms with van der Waals surface area (Å²) in [6.07, 6.45) is 0. The van der Waals surface area contributed by atoms with E-state index in [1.165, 1.54) is 36.4 Å². The molecule has 0 aliphatic rings. The molecule has 0 spiro atoms. The minimum atomic E-state index is -1.02. The Labute approximate surface area is 153 Å². The number of nitro benzene ring substituents is 1. The van der Waals surface area contributed by atoms with Crippen LogP contribution in [0, 0.1) is 10.1 Å². The summed E-state index contributed by atoms with van der Waals surface area (Å²) >= 11 is 0. The summed E-state index contributed by atoms with van der Waals surface area (Å²) in [5.74, 6) is -1.06. The monoisotopic (exact) mass is 366 g/mol. The Morgan fingerprint density at radius 2 is 1.81 bits per heavy atom. The minimum absolute atomic E-state index is 0.0682. The maximum Gasteiger partial charge on any atom is 0.335 e. The minimum Gasteiger partial charge on any atom is -0.478 e. The largest absolute Gasteiger partial charge is 0.478 e. The molecule has 0 atom stereocenters. The fraction of sp³-hybridized carbons (Fsp3) is 0.0526. The van der Waals surface area contributed by atoms with E-state index >= 15 is 0 Å². The van der Waals surface area contributed by atoms with Crippen LogP contribution in [-0.4, -0.2) is 21.9 Å². The fourth-order valence-electron chi connectivity index (χ4n) is 2.42. The van der Waals surface area contributed by atoms with E-state index < -0.39 is 16.8 Å². The number of hydrogen-bond donors (Lipinski definition) is 2. The van der Waals surface area contributed by atoms with Gasteiger partial charge in [0.15, 0.2) is 5.76 Å². The number of amides is 1. The van der Waals surface area contributed by atoms with Gasteiger partial charge in [0, 0.05) is 24.2 Å². The average molecular weight is 366 g/mol. The second-order valence-corrected chi connectivity index (χ2v) is 5.66. The third-order valence-electron chi connectivity index (χ3n) is 3.83. The smallest absolute Gasteiger partial charge is 0.335 e. The lowest BCUT2D eigenvalue weighted by atomic mass is 10.1. The molecule has 1 aromatic heterocycles. The van der Waals surface area contributed by atoms with E-state index in [2.05, 4.69) is 5.32 Å². The van der Waals surface area contributed by atoms with Crippen molar-refractivity contribution in [3.63, 3.8) is 0 Å². The van der Waals surface area contributed by atoms with Crippen molar-refractivity contribution in [2.75, 3.05) is 0 Å². The molecule has 2 aromatic carbocycles. The average Bonchev–Trinajstić information content (AvgIpc) is 3.17. The van der Waals surface area contributed by atoms with Crippen LogP contribution in [0.15, 0.2) is 65.1 Å². The number of rotatable bonds is 6. The van der Waals surface area contributed by atoms with Crippen LogP contribution < -0.4 is 5.32 Å². The van der Waals surface area contributed by atoms with Crippen molar-refractivity contribution in [3.8, 4) is 11.3 Å². The summed E-state index contributed by atoms with van der Waals surface area (Å²) in [5.41, 5.74) is 1.32. The van der Waals surface area contributed by atoms with Gasteiger partial charge in [0.1, 0.15) is 5.76 Å². The number of hydrogen-bond acceptors (Lipinski definition) is 5. The molecular weight excluding hydrogens is 352 g/mol. The number of carboxylic acids is 1. The molecule has 1 heterocycles. The van der Waals surface area contributed by atoms with Crippen LogP contribution in [0.2, 0.25) is 0 Å². The molecule has 0 aliphatic carbocycles. The second kappa shape index (κ2) is 7.52. The number of non-ortho nitro benzene ring substituents is 1. The van der Waals surface area contributed by atoms with Crippen molar-refractivity contribution in [2.45, 2.75) is 6.54 Å². The molecule has 0 fully saturated rings. The van der Waals surface area contributed by atoms with Gasteiger partial charge in [0.25, 0.3) is 11.6 Å². The molecule has 3 rings (SSSR count). The highest BCUT2D eigenvalue weighted by atomic mass is 16.6. The van der Waals surface area contributed by atoms with Gasteiger partial charge in [-0.05, 0) is 29.8 Å². The number of nitro groups is 1. The van der Waals surface area contributed by atoms with Crippen LogP contribution in [0.4, 0.5) is 5.69 Å². The number of nitrogens with one attached hydrogen (secondary N) is 1. The molecule has 2 N–H and O–H groups in total. The molecule has 0 bridgehead atoms. The lowest BCUT2D eigenvalue weighted by molar-refractivity contribution is -0.384. The summed E-state index contributed by atoms with van der Waals surface area (Å²) in [5, 5.41) is 22.4. The van der Waals surface area contributed by atoms with Crippen molar-refractivity contribution >= 4 is 17.6 Å². The first-order valence-corrected chi connectivity index (χ1v) is 7.89. The van der Waals surface area contributed by atoms with Crippen molar-refractivity contribution in [1.29, 1.82) is 0 Å². The molecule has 0 radical (unpaired) electrons. The van der Waals surface area contributed by atoms with E-state index in [1.54, 1.807) is 24.3 Å². The Morgan fingerprint density at radius 1 is 1.07 bits per heavy atom. The molecule has 0 unspecified atom stereocenters. The van der Waals surface area contributed by atoms with Crippen LogP contribution >= 0.6 is 0 Å². The number of aromatic carboxylic acids is 1. The first kappa shape index (κ1) is 17.9.